The highest BCUT2D eigenvalue weighted by molar-refractivity contribution is 6.31. The van der Waals surface area contributed by atoms with Gasteiger partial charge in [0.25, 0.3) is 0 Å². The second-order valence-electron chi connectivity index (χ2n) is 16.6. The fourth-order valence-corrected chi connectivity index (χ4v) is 9.23. The lowest BCUT2D eigenvalue weighted by Crippen LogP contribution is -2.44. The number of nitrogens with zero attached hydrogens (tertiary/aromatic N) is 8. The van der Waals surface area contributed by atoms with Crippen LogP contribution < -0.4 is 10.6 Å². The fraction of sp³-hybridized carbons (Fsp3) is 0.455. The van der Waals surface area contributed by atoms with E-state index < -0.39 is 17.0 Å². The van der Waals surface area contributed by atoms with Crippen LogP contribution in [0.2, 0.25) is 10.0 Å². The molecule has 0 bridgehead atoms. The molecule has 1 aliphatic carbocycles. The zero-order chi connectivity index (χ0) is 44.0. The molecule has 1 saturated carbocycles. The van der Waals surface area contributed by atoms with Crippen molar-refractivity contribution in [2.45, 2.75) is 70.1 Å². The van der Waals surface area contributed by atoms with Crippen LogP contribution in [0.3, 0.4) is 0 Å². The molecule has 3 unspecified atom stereocenters. The van der Waals surface area contributed by atoms with Gasteiger partial charge in [-0.25, -0.2) is 38.7 Å². The number of amides is 2. The topological polar surface area (TPSA) is 174 Å². The van der Waals surface area contributed by atoms with E-state index in [2.05, 4.69) is 50.5 Å². The minimum absolute atomic E-state index is 0.0662. The maximum Gasteiger partial charge on any atom is 0.240 e. The van der Waals surface area contributed by atoms with E-state index in [0.29, 0.717) is 82.7 Å². The van der Waals surface area contributed by atoms with Crippen LogP contribution in [-0.4, -0.2) is 106 Å². The monoisotopic (exact) mass is 920 g/mol. The van der Waals surface area contributed by atoms with Gasteiger partial charge in [0.1, 0.15) is 16.7 Å². The molecule has 3 aliphatic rings. The van der Waals surface area contributed by atoms with Gasteiger partial charge in [0.05, 0.1) is 22.4 Å². The average molecular weight is 922 g/mol. The molecule has 14 nitrogen and oxygen atoms in total. The summed E-state index contributed by atoms with van der Waals surface area (Å²) in [7, 11) is 0. The van der Waals surface area contributed by atoms with Crippen LogP contribution in [0.4, 0.5) is 20.4 Å². The van der Waals surface area contributed by atoms with E-state index in [0.717, 1.165) is 74.9 Å². The Morgan fingerprint density at radius 2 is 1.21 bits per heavy atom. The first-order chi connectivity index (χ1) is 30.5. The quantitative estimate of drug-likeness (QED) is 0.0971. The Kier molecular flexibility index (Phi) is 14.2. The molecule has 9 rings (SSSR count). The van der Waals surface area contributed by atoms with Crippen molar-refractivity contribution in [3.05, 3.63) is 71.0 Å². The molecule has 6 aromatic heterocycles. The van der Waals surface area contributed by atoms with E-state index in [-0.39, 0.29) is 35.3 Å². The Morgan fingerprint density at radius 1 is 0.714 bits per heavy atom. The highest BCUT2D eigenvalue weighted by Crippen LogP contribution is 2.31. The summed E-state index contributed by atoms with van der Waals surface area (Å²) in [5.41, 5.74) is 2.72. The van der Waals surface area contributed by atoms with Crippen LogP contribution in [0.5, 0.6) is 0 Å². The number of likely N-dealkylation sites (tertiary alicyclic amines) is 2. The number of alkyl halides is 1. The van der Waals surface area contributed by atoms with Gasteiger partial charge in [-0.1, -0.05) is 42.5 Å². The van der Waals surface area contributed by atoms with Crippen molar-refractivity contribution < 1.29 is 18.4 Å². The molecular weight excluding hydrogens is 873 g/mol. The van der Waals surface area contributed by atoms with E-state index in [1.165, 1.54) is 12.6 Å². The van der Waals surface area contributed by atoms with Gasteiger partial charge in [-0.05, 0) is 69.4 Å². The number of aromatic nitrogens is 8. The van der Waals surface area contributed by atoms with Crippen LogP contribution in [-0.2, 0) is 9.59 Å². The van der Waals surface area contributed by atoms with E-state index in [9.17, 15) is 18.4 Å². The Balaban J connectivity index is 0.000000174. The van der Waals surface area contributed by atoms with Gasteiger partial charge in [-0.2, -0.15) is 0 Å². The second-order valence-corrected chi connectivity index (χ2v) is 18.1. The average Bonchev–Trinajstić information content (AvgIpc) is 3.92. The Bertz CT molecular complexity index is 2570. The molecule has 2 saturated heterocycles. The summed E-state index contributed by atoms with van der Waals surface area (Å²) in [6.45, 7) is 5.57. The number of hydrogen-bond acceptors (Lipinski definition) is 10. The number of H-pyrrole nitrogens is 2. The lowest BCUT2D eigenvalue weighted by Gasteiger charge is -2.36. The molecule has 63 heavy (non-hydrogen) atoms. The van der Waals surface area contributed by atoms with Gasteiger partial charge in [0.15, 0.2) is 34.9 Å². The molecule has 2 aliphatic heterocycles. The molecular formula is C44H49Cl3F2N12O2. The molecule has 19 heteroatoms. The first-order valence-electron chi connectivity index (χ1n) is 21.5. The summed E-state index contributed by atoms with van der Waals surface area (Å²) in [4.78, 5) is 60.6. The number of rotatable bonds is 10. The van der Waals surface area contributed by atoms with Crippen LogP contribution in [0, 0.1) is 29.4 Å². The maximum absolute atomic E-state index is 14.5. The van der Waals surface area contributed by atoms with Gasteiger partial charge in [-0.3, -0.25) is 9.59 Å². The number of pyridine rings is 2. The van der Waals surface area contributed by atoms with E-state index in [1.54, 1.807) is 48.7 Å². The molecule has 8 heterocycles. The van der Waals surface area contributed by atoms with Crippen molar-refractivity contribution >= 4 is 80.3 Å². The molecule has 0 spiro atoms. The number of hydrogen-bond donors (Lipinski definition) is 4. The number of anilines is 2. The Labute approximate surface area is 378 Å². The van der Waals surface area contributed by atoms with Crippen molar-refractivity contribution in [2.24, 2.45) is 17.8 Å². The number of piperidine rings is 2. The van der Waals surface area contributed by atoms with Gasteiger partial charge < -0.3 is 30.4 Å². The van der Waals surface area contributed by atoms with Crippen molar-refractivity contribution in [3.63, 3.8) is 0 Å². The summed E-state index contributed by atoms with van der Waals surface area (Å²) in [6, 6.07) is 3.55. The minimum Gasteiger partial charge on any atom is -0.367 e. The Hall–Kier alpha value is -5.19. The summed E-state index contributed by atoms with van der Waals surface area (Å²) >= 11 is 18.1. The highest BCUT2D eigenvalue weighted by atomic mass is 35.5. The molecule has 4 N–H and O–H groups in total. The lowest BCUT2D eigenvalue weighted by atomic mass is 9.87. The summed E-state index contributed by atoms with van der Waals surface area (Å²) < 4.78 is 28.8. The molecule has 2 amide bonds. The molecule has 0 radical (unpaired) electrons. The summed E-state index contributed by atoms with van der Waals surface area (Å²) in [5.74, 6) is 0.897. The molecule has 3 atom stereocenters. The van der Waals surface area contributed by atoms with Gasteiger partial charge in [0, 0.05) is 91.9 Å². The maximum atomic E-state index is 14.5. The van der Waals surface area contributed by atoms with Crippen molar-refractivity contribution in [1.29, 1.82) is 0 Å². The smallest absolute Gasteiger partial charge is 0.240 e. The number of carbonyl (C=O) groups is 2. The first kappa shape index (κ1) is 44.4. The number of aromatic amines is 2. The van der Waals surface area contributed by atoms with Gasteiger partial charge in [0.2, 0.25) is 11.8 Å². The number of nitrogens with one attached hydrogen (secondary N) is 4. The van der Waals surface area contributed by atoms with Gasteiger partial charge >= 0.3 is 0 Å². The summed E-state index contributed by atoms with van der Waals surface area (Å²) in [6.07, 6.45) is 18.3. The highest BCUT2D eigenvalue weighted by Gasteiger charge is 2.30. The number of fused-ring (bicyclic) bond motifs is 2. The van der Waals surface area contributed by atoms with Gasteiger partial charge in [-0.15, -0.1) is 11.6 Å². The minimum atomic E-state index is -0.544. The van der Waals surface area contributed by atoms with Crippen LogP contribution in [0.1, 0.15) is 64.7 Å². The van der Waals surface area contributed by atoms with E-state index >= 15 is 0 Å². The lowest BCUT2D eigenvalue weighted by molar-refractivity contribution is -0.138. The predicted molar refractivity (Wildman–Crippen MR) is 242 cm³/mol. The third kappa shape index (κ3) is 10.6. The molecule has 6 aromatic rings. The molecule has 332 valence electrons. The largest absolute Gasteiger partial charge is 0.367 e. The van der Waals surface area contributed by atoms with E-state index in [4.69, 9.17) is 34.8 Å². The predicted octanol–water partition coefficient (Wildman–Crippen LogP) is 9.13. The first-order valence-corrected chi connectivity index (χ1v) is 22.7. The third-order valence-corrected chi connectivity index (χ3v) is 12.6. The molecule has 3 fully saturated rings. The fourth-order valence-electron chi connectivity index (χ4n) is 8.77. The second kappa shape index (κ2) is 20.1. The van der Waals surface area contributed by atoms with Crippen LogP contribution in [0.15, 0.2) is 49.3 Å². The van der Waals surface area contributed by atoms with Crippen molar-refractivity contribution in [1.82, 2.24) is 49.7 Å². The van der Waals surface area contributed by atoms with Crippen LogP contribution >= 0.6 is 34.8 Å². The normalized spacial score (nSPS) is 18.8. The SMILES string of the molecule is CC(Cl)C(=O)N1CCCC(CNc2nc(-c3c[nH]c4ncc(Cl)cc34)ncc2F)C1.O=C(C1CCCCC1)N1CCCC(CNc2nc(-c3c[nH]c4ncc(Cl)cc34)ncc2F)C1. The molecule has 0 aromatic carbocycles. The zero-order valence-electron chi connectivity index (χ0n) is 34.8. The Morgan fingerprint density at radius 3 is 1.71 bits per heavy atom. The third-order valence-electron chi connectivity index (χ3n) is 12.0. The standard InChI is InChI=1S/C24H28ClFN6O.C20H21Cl2FN6O/c25-17-9-18-19(12-29-21(18)28-11-17)22-30-13-20(26)23(31-22)27-10-15-5-4-8-32(14-15)24(33)16-6-2-1-3-7-16;1-11(21)20(30)29-4-2-3-12(10-29)6-24-19-16(23)9-27-18(28-19)15-8-26-17-14(15)5-13(22)7-25-17/h9,11-13,15-16H,1-8,10,14H2,(H,28,29)(H,27,30,31);5,7-9,11-12H,2-4,6,10H2,1H3,(H,25,26)(H,24,27,28). The van der Waals surface area contributed by atoms with Crippen molar-refractivity contribution in [2.75, 3.05) is 49.9 Å². The number of halogens is 5. The van der Waals surface area contributed by atoms with Crippen molar-refractivity contribution in [3.8, 4) is 22.8 Å². The van der Waals surface area contributed by atoms with Crippen LogP contribution in [0.25, 0.3) is 44.8 Å². The number of carbonyl (C=O) groups excluding carboxylic acids is 2. The zero-order valence-corrected chi connectivity index (χ0v) is 37.1. The van der Waals surface area contributed by atoms with E-state index in [1.807, 2.05) is 4.90 Å². The summed E-state index contributed by atoms with van der Waals surface area (Å²) in [5, 5.41) is 8.25.